The van der Waals surface area contributed by atoms with Crippen molar-refractivity contribution in [2.45, 2.75) is 26.2 Å². The van der Waals surface area contributed by atoms with Crippen LogP contribution >= 0.6 is 15.9 Å². The van der Waals surface area contributed by atoms with Crippen LogP contribution in [0.25, 0.3) is 6.08 Å². The molecule has 0 bridgehead atoms. The predicted octanol–water partition coefficient (Wildman–Crippen LogP) is 3.21. The smallest absolute Gasteiger partial charge is 0.406 e. The largest absolute Gasteiger partial charge is 0.449 e. The first kappa shape index (κ1) is 21.0. The van der Waals surface area contributed by atoms with Crippen molar-refractivity contribution in [2.24, 2.45) is 10.7 Å². The van der Waals surface area contributed by atoms with E-state index in [0.717, 1.165) is 22.1 Å². The third-order valence-electron chi connectivity index (χ3n) is 4.02. The van der Waals surface area contributed by atoms with Crippen molar-refractivity contribution in [1.29, 1.82) is 0 Å². The lowest BCUT2D eigenvalue weighted by atomic mass is 10.1. The topological polar surface area (TPSA) is 97.0 Å². The molecular formula is C19H25BrN4O3. The molecule has 27 heavy (non-hydrogen) atoms. The van der Waals surface area contributed by atoms with Gasteiger partial charge in [0.1, 0.15) is 5.84 Å². The number of aliphatic imine (C=N–C) groups is 1. The lowest BCUT2D eigenvalue weighted by Gasteiger charge is -2.23. The molecule has 8 heteroatoms. The van der Waals surface area contributed by atoms with E-state index in [2.05, 4.69) is 26.2 Å². The Morgan fingerprint density at radius 1 is 1.37 bits per heavy atom. The minimum absolute atomic E-state index is 0.0642. The number of carbonyl (C=O) groups is 2. The van der Waals surface area contributed by atoms with Crippen LogP contribution in [0.4, 0.5) is 10.5 Å². The van der Waals surface area contributed by atoms with E-state index in [1.165, 1.54) is 7.05 Å². The zero-order chi connectivity index (χ0) is 19.8. The van der Waals surface area contributed by atoms with Gasteiger partial charge in [-0.1, -0.05) is 28.9 Å². The Morgan fingerprint density at radius 2 is 2.15 bits per heavy atom. The SMILES string of the molecule is CCCN(CCCOC(=O)NC)C(=O)C1=Cc2ccc(Br)cc2N=C(N)C1. The van der Waals surface area contributed by atoms with Crippen molar-refractivity contribution in [2.75, 3.05) is 26.7 Å². The summed E-state index contributed by atoms with van der Waals surface area (Å²) in [6.45, 7) is 3.41. The van der Waals surface area contributed by atoms with Crippen molar-refractivity contribution in [3.63, 3.8) is 0 Å². The Kier molecular flexibility index (Phi) is 7.84. The fourth-order valence-electron chi connectivity index (χ4n) is 2.78. The molecule has 7 nitrogen and oxygen atoms in total. The number of rotatable bonds is 7. The van der Waals surface area contributed by atoms with Crippen molar-refractivity contribution in [3.8, 4) is 0 Å². The Morgan fingerprint density at radius 3 is 2.85 bits per heavy atom. The highest BCUT2D eigenvalue weighted by molar-refractivity contribution is 9.10. The molecule has 2 amide bonds. The minimum atomic E-state index is -0.471. The van der Waals surface area contributed by atoms with Crippen molar-refractivity contribution in [3.05, 3.63) is 33.8 Å². The van der Waals surface area contributed by atoms with Gasteiger partial charge in [0.25, 0.3) is 0 Å². The van der Waals surface area contributed by atoms with Gasteiger partial charge in [-0.3, -0.25) is 4.79 Å². The fraction of sp³-hybridized carbons (Fsp3) is 0.421. The highest BCUT2D eigenvalue weighted by Crippen LogP contribution is 2.29. The molecule has 0 unspecified atom stereocenters. The normalized spacial score (nSPS) is 13.0. The maximum Gasteiger partial charge on any atom is 0.406 e. The Balaban J connectivity index is 2.13. The van der Waals surface area contributed by atoms with Gasteiger partial charge in [0, 0.05) is 42.2 Å². The number of halogens is 1. The van der Waals surface area contributed by atoms with Crippen LogP contribution in [0.3, 0.4) is 0 Å². The molecule has 2 rings (SSSR count). The van der Waals surface area contributed by atoms with E-state index in [0.29, 0.717) is 37.3 Å². The van der Waals surface area contributed by atoms with E-state index < -0.39 is 6.09 Å². The van der Waals surface area contributed by atoms with E-state index in [1.54, 1.807) is 4.90 Å². The molecule has 0 aliphatic carbocycles. The molecular weight excluding hydrogens is 412 g/mol. The maximum absolute atomic E-state index is 13.1. The van der Waals surface area contributed by atoms with E-state index in [4.69, 9.17) is 10.5 Å². The first-order valence-corrected chi connectivity index (χ1v) is 9.70. The number of nitrogens with zero attached hydrogens (tertiary/aromatic N) is 2. The second-order valence-electron chi connectivity index (χ2n) is 6.18. The molecule has 0 aromatic heterocycles. The summed E-state index contributed by atoms with van der Waals surface area (Å²) >= 11 is 3.43. The Bertz CT molecular complexity index is 761. The second kappa shape index (κ2) is 10.1. The van der Waals surface area contributed by atoms with Gasteiger partial charge in [-0.05, 0) is 31.1 Å². The summed E-state index contributed by atoms with van der Waals surface area (Å²) in [4.78, 5) is 30.4. The van der Waals surface area contributed by atoms with E-state index in [-0.39, 0.29) is 12.5 Å². The Hall–Kier alpha value is -2.35. The number of hydrogen-bond acceptors (Lipinski definition) is 5. The first-order chi connectivity index (χ1) is 12.9. The van der Waals surface area contributed by atoms with Gasteiger partial charge in [-0.25, -0.2) is 9.79 Å². The summed E-state index contributed by atoms with van der Waals surface area (Å²) in [5.74, 6) is 0.344. The number of carbonyl (C=O) groups excluding carboxylic acids is 2. The van der Waals surface area contributed by atoms with Crippen LogP contribution in [0.5, 0.6) is 0 Å². The summed E-state index contributed by atoms with van der Waals surface area (Å²) in [5, 5.41) is 2.40. The van der Waals surface area contributed by atoms with Gasteiger partial charge >= 0.3 is 6.09 Å². The average molecular weight is 437 g/mol. The molecule has 0 atom stereocenters. The quantitative estimate of drug-likeness (QED) is 0.641. The molecule has 1 heterocycles. The zero-order valence-electron chi connectivity index (χ0n) is 15.6. The van der Waals surface area contributed by atoms with E-state index in [9.17, 15) is 9.59 Å². The van der Waals surface area contributed by atoms with Gasteiger partial charge in [-0.15, -0.1) is 0 Å². The molecule has 0 saturated carbocycles. The average Bonchev–Trinajstić information content (AvgIpc) is 2.80. The second-order valence-corrected chi connectivity index (χ2v) is 7.10. The van der Waals surface area contributed by atoms with Crippen LogP contribution in [-0.4, -0.2) is 49.5 Å². The van der Waals surface area contributed by atoms with Crippen molar-refractivity contribution in [1.82, 2.24) is 10.2 Å². The van der Waals surface area contributed by atoms with E-state index >= 15 is 0 Å². The van der Waals surface area contributed by atoms with Crippen LogP contribution in [0.2, 0.25) is 0 Å². The number of nitrogens with two attached hydrogens (primary N) is 1. The van der Waals surface area contributed by atoms with Gasteiger partial charge in [0.15, 0.2) is 0 Å². The van der Waals surface area contributed by atoms with Gasteiger partial charge in [0.05, 0.1) is 12.3 Å². The molecule has 146 valence electrons. The lowest BCUT2D eigenvalue weighted by molar-refractivity contribution is -0.127. The number of amidine groups is 1. The third kappa shape index (κ3) is 6.09. The van der Waals surface area contributed by atoms with Crippen molar-refractivity contribution < 1.29 is 14.3 Å². The highest BCUT2D eigenvalue weighted by atomic mass is 79.9. The van der Waals surface area contributed by atoms with Gasteiger partial charge in [0.2, 0.25) is 5.91 Å². The molecule has 0 radical (unpaired) electrons. The Labute approximate surface area is 167 Å². The third-order valence-corrected chi connectivity index (χ3v) is 4.52. The van der Waals surface area contributed by atoms with Crippen LogP contribution in [0.15, 0.2) is 33.2 Å². The van der Waals surface area contributed by atoms with Crippen LogP contribution in [-0.2, 0) is 9.53 Å². The number of ether oxygens (including phenoxy) is 1. The molecule has 0 saturated heterocycles. The maximum atomic E-state index is 13.1. The summed E-state index contributed by atoms with van der Waals surface area (Å²) < 4.78 is 5.90. The van der Waals surface area contributed by atoms with E-state index in [1.807, 2.05) is 31.2 Å². The van der Waals surface area contributed by atoms with Crippen LogP contribution < -0.4 is 11.1 Å². The molecule has 0 fully saturated rings. The standard InChI is InChI=1S/C19H25BrN4O3/c1-3-7-24(8-4-9-27-19(26)22-2)18(25)14-10-13-5-6-15(20)12-16(13)23-17(21)11-14/h5-6,10,12H,3-4,7-9,11H2,1-2H3,(H2,21,23)(H,22,26). The van der Waals surface area contributed by atoms with Gasteiger partial charge in [-0.2, -0.15) is 0 Å². The number of amides is 2. The molecule has 3 N–H and O–H groups in total. The summed E-state index contributed by atoms with van der Waals surface area (Å²) in [6, 6.07) is 5.70. The zero-order valence-corrected chi connectivity index (χ0v) is 17.2. The summed E-state index contributed by atoms with van der Waals surface area (Å²) in [7, 11) is 1.51. The summed E-state index contributed by atoms with van der Waals surface area (Å²) in [6.07, 6.45) is 3.10. The summed E-state index contributed by atoms with van der Waals surface area (Å²) in [5.41, 5.74) is 8.24. The van der Waals surface area contributed by atoms with Crippen LogP contribution in [0.1, 0.15) is 31.7 Å². The first-order valence-electron chi connectivity index (χ1n) is 8.91. The van der Waals surface area contributed by atoms with Gasteiger partial charge < -0.3 is 20.7 Å². The number of alkyl carbamates (subject to hydrolysis) is 1. The minimum Gasteiger partial charge on any atom is -0.449 e. The molecule has 0 spiro atoms. The predicted molar refractivity (Wildman–Crippen MR) is 110 cm³/mol. The fourth-order valence-corrected chi connectivity index (χ4v) is 3.13. The highest BCUT2D eigenvalue weighted by Gasteiger charge is 2.21. The monoisotopic (exact) mass is 436 g/mol. The molecule has 1 aliphatic rings. The number of benzene rings is 1. The number of fused-ring (bicyclic) bond motifs is 1. The number of hydrogen-bond donors (Lipinski definition) is 2. The van der Waals surface area contributed by atoms with Crippen LogP contribution in [0, 0.1) is 0 Å². The molecule has 1 aromatic carbocycles. The molecule has 1 aliphatic heterocycles. The number of nitrogens with one attached hydrogen (secondary N) is 1. The lowest BCUT2D eigenvalue weighted by Crippen LogP contribution is -2.35. The molecule has 1 aromatic rings. The van der Waals surface area contributed by atoms with Crippen molar-refractivity contribution >= 4 is 45.5 Å².